The number of hydrogen-bond acceptors (Lipinski definition) is 2. The van der Waals surface area contributed by atoms with Crippen molar-refractivity contribution in [2.45, 2.75) is 50.7 Å². The maximum absolute atomic E-state index is 12.7. The Morgan fingerprint density at radius 3 is 2.60 bits per heavy atom. The first-order valence-electron chi connectivity index (χ1n) is 7.34. The van der Waals surface area contributed by atoms with E-state index in [1.807, 2.05) is 37.1 Å². The molecule has 108 valence electrons. The maximum atomic E-state index is 12.7. The number of halogens is 1. The lowest BCUT2D eigenvalue weighted by molar-refractivity contribution is 0.0680. The number of amides is 1. The molecule has 3 rings (SSSR count). The summed E-state index contributed by atoms with van der Waals surface area (Å²) in [5.41, 5.74) is 1.88. The van der Waals surface area contributed by atoms with Crippen LogP contribution in [0.2, 0.25) is 0 Å². The minimum absolute atomic E-state index is 0.131. The van der Waals surface area contributed by atoms with Gasteiger partial charge in [0.15, 0.2) is 0 Å². The second-order valence-corrected chi connectivity index (χ2v) is 6.91. The van der Waals surface area contributed by atoms with Crippen molar-refractivity contribution >= 4 is 21.8 Å². The van der Waals surface area contributed by atoms with E-state index in [-0.39, 0.29) is 5.91 Å². The normalized spacial score (nSPS) is 28.4. The molecule has 2 saturated heterocycles. The first-order valence-corrected chi connectivity index (χ1v) is 8.14. The molecule has 2 unspecified atom stereocenters. The number of rotatable bonds is 2. The lowest BCUT2D eigenvalue weighted by atomic mass is 9.98. The van der Waals surface area contributed by atoms with Crippen LogP contribution in [0.3, 0.4) is 0 Å². The molecule has 0 aromatic heterocycles. The van der Waals surface area contributed by atoms with Gasteiger partial charge in [0, 0.05) is 29.6 Å². The van der Waals surface area contributed by atoms with Gasteiger partial charge in [0.1, 0.15) is 0 Å². The summed E-state index contributed by atoms with van der Waals surface area (Å²) < 4.78 is 0.925. The highest BCUT2D eigenvalue weighted by Gasteiger charge is 2.36. The first-order chi connectivity index (χ1) is 9.56. The van der Waals surface area contributed by atoms with Crippen molar-refractivity contribution < 1.29 is 4.79 Å². The quantitative estimate of drug-likeness (QED) is 0.899. The predicted molar refractivity (Wildman–Crippen MR) is 83.9 cm³/mol. The van der Waals surface area contributed by atoms with Crippen molar-refractivity contribution in [2.24, 2.45) is 0 Å². The summed E-state index contributed by atoms with van der Waals surface area (Å²) in [5, 5.41) is 3.63. The van der Waals surface area contributed by atoms with Crippen LogP contribution in [0.5, 0.6) is 0 Å². The summed E-state index contributed by atoms with van der Waals surface area (Å²) in [5.74, 6) is 0.131. The van der Waals surface area contributed by atoms with Crippen LogP contribution in [0.15, 0.2) is 22.7 Å². The minimum Gasteiger partial charge on any atom is -0.339 e. The molecule has 0 radical (unpaired) electrons. The molecular weight excluding hydrogens is 316 g/mol. The van der Waals surface area contributed by atoms with Gasteiger partial charge in [-0.3, -0.25) is 4.79 Å². The Kier molecular flexibility index (Phi) is 3.87. The largest absolute Gasteiger partial charge is 0.339 e. The Hall–Kier alpha value is -0.870. The molecule has 1 aromatic carbocycles. The number of hydrogen-bond donors (Lipinski definition) is 1. The fourth-order valence-corrected chi connectivity index (χ4v) is 3.95. The molecule has 2 aliphatic heterocycles. The van der Waals surface area contributed by atoms with E-state index in [0.717, 1.165) is 28.4 Å². The fourth-order valence-electron chi connectivity index (χ4n) is 3.51. The predicted octanol–water partition coefficient (Wildman–Crippen LogP) is 3.11. The molecule has 4 heteroatoms. The average Bonchev–Trinajstić information content (AvgIpc) is 2.79. The zero-order valence-electron chi connectivity index (χ0n) is 12.0. The SMILES string of the molecule is Cc1cccc(C(=O)N(C)C2CC3CCC(C2)N3)c1Br. The van der Waals surface area contributed by atoms with E-state index < -0.39 is 0 Å². The molecule has 2 heterocycles. The molecular formula is C16H21BrN2O. The molecule has 1 aromatic rings. The van der Waals surface area contributed by atoms with Crippen LogP contribution >= 0.6 is 15.9 Å². The summed E-state index contributed by atoms with van der Waals surface area (Å²) in [7, 11) is 1.95. The van der Waals surface area contributed by atoms with Gasteiger partial charge in [0.2, 0.25) is 0 Å². The van der Waals surface area contributed by atoms with E-state index in [2.05, 4.69) is 21.2 Å². The number of nitrogens with zero attached hydrogens (tertiary/aromatic N) is 1. The molecule has 2 aliphatic rings. The minimum atomic E-state index is 0.131. The van der Waals surface area contributed by atoms with Gasteiger partial charge < -0.3 is 10.2 Å². The topological polar surface area (TPSA) is 32.3 Å². The van der Waals surface area contributed by atoms with E-state index >= 15 is 0 Å². The van der Waals surface area contributed by atoms with Crippen LogP contribution in [-0.4, -0.2) is 36.0 Å². The van der Waals surface area contributed by atoms with Crippen molar-refractivity contribution in [3.63, 3.8) is 0 Å². The molecule has 0 spiro atoms. The zero-order valence-corrected chi connectivity index (χ0v) is 13.6. The highest BCUT2D eigenvalue weighted by molar-refractivity contribution is 9.10. The van der Waals surface area contributed by atoms with Crippen molar-refractivity contribution in [3.8, 4) is 0 Å². The Labute approximate surface area is 128 Å². The van der Waals surface area contributed by atoms with Gasteiger partial charge in [-0.05, 0) is 60.2 Å². The van der Waals surface area contributed by atoms with Gasteiger partial charge >= 0.3 is 0 Å². The van der Waals surface area contributed by atoms with Gasteiger partial charge in [0.05, 0.1) is 5.56 Å². The lowest BCUT2D eigenvalue weighted by Crippen LogP contribution is -2.48. The summed E-state index contributed by atoms with van der Waals surface area (Å²) in [6.07, 6.45) is 4.69. The number of carbonyl (C=O) groups excluding carboxylic acids is 1. The third kappa shape index (κ3) is 2.51. The van der Waals surface area contributed by atoms with Crippen LogP contribution in [0.25, 0.3) is 0 Å². The third-order valence-corrected chi connectivity index (χ3v) is 5.79. The van der Waals surface area contributed by atoms with E-state index in [1.54, 1.807) is 0 Å². The Bertz CT molecular complexity index is 519. The molecule has 20 heavy (non-hydrogen) atoms. The van der Waals surface area contributed by atoms with E-state index in [4.69, 9.17) is 0 Å². The molecule has 2 atom stereocenters. The Balaban J connectivity index is 1.78. The van der Waals surface area contributed by atoms with E-state index in [1.165, 1.54) is 12.8 Å². The Morgan fingerprint density at radius 2 is 1.95 bits per heavy atom. The standard InChI is InChI=1S/C16H21BrN2O/c1-10-4-3-5-14(15(10)17)16(20)19(2)13-8-11-6-7-12(9-13)18-11/h3-5,11-13,18H,6-9H2,1-2H3. The zero-order chi connectivity index (χ0) is 14.3. The van der Waals surface area contributed by atoms with Crippen molar-refractivity contribution in [1.82, 2.24) is 10.2 Å². The summed E-state index contributed by atoms with van der Waals surface area (Å²) in [6, 6.07) is 7.46. The van der Waals surface area contributed by atoms with Crippen molar-refractivity contribution in [3.05, 3.63) is 33.8 Å². The summed E-state index contributed by atoms with van der Waals surface area (Å²) in [6.45, 7) is 2.02. The highest BCUT2D eigenvalue weighted by atomic mass is 79.9. The lowest BCUT2D eigenvalue weighted by Gasteiger charge is -2.35. The smallest absolute Gasteiger partial charge is 0.255 e. The van der Waals surface area contributed by atoms with Gasteiger partial charge in [-0.2, -0.15) is 0 Å². The van der Waals surface area contributed by atoms with Gasteiger partial charge in [-0.25, -0.2) is 0 Å². The number of nitrogens with one attached hydrogen (secondary N) is 1. The van der Waals surface area contributed by atoms with Crippen LogP contribution in [0, 0.1) is 6.92 Å². The number of aryl methyl sites for hydroxylation is 1. The molecule has 1 N–H and O–H groups in total. The second kappa shape index (κ2) is 5.49. The van der Waals surface area contributed by atoms with Crippen LogP contribution < -0.4 is 5.32 Å². The first kappa shape index (κ1) is 14.1. The molecule has 0 aliphatic carbocycles. The fraction of sp³-hybridized carbons (Fsp3) is 0.562. The summed E-state index contributed by atoms with van der Waals surface area (Å²) >= 11 is 3.55. The van der Waals surface area contributed by atoms with Crippen LogP contribution in [0.4, 0.5) is 0 Å². The van der Waals surface area contributed by atoms with E-state index in [0.29, 0.717) is 18.1 Å². The van der Waals surface area contributed by atoms with Crippen LogP contribution in [-0.2, 0) is 0 Å². The molecule has 2 bridgehead atoms. The Morgan fingerprint density at radius 1 is 1.30 bits per heavy atom. The number of fused-ring (bicyclic) bond motifs is 2. The monoisotopic (exact) mass is 336 g/mol. The van der Waals surface area contributed by atoms with E-state index in [9.17, 15) is 4.79 Å². The van der Waals surface area contributed by atoms with Gasteiger partial charge in [-0.15, -0.1) is 0 Å². The number of carbonyl (C=O) groups is 1. The van der Waals surface area contributed by atoms with Gasteiger partial charge in [-0.1, -0.05) is 12.1 Å². The molecule has 0 saturated carbocycles. The second-order valence-electron chi connectivity index (χ2n) is 6.12. The average molecular weight is 337 g/mol. The molecule has 3 nitrogen and oxygen atoms in total. The number of benzene rings is 1. The van der Waals surface area contributed by atoms with Crippen molar-refractivity contribution in [1.29, 1.82) is 0 Å². The van der Waals surface area contributed by atoms with Crippen LogP contribution in [0.1, 0.15) is 41.6 Å². The van der Waals surface area contributed by atoms with Crippen molar-refractivity contribution in [2.75, 3.05) is 7.05 Å². The van der Waals surface area contributed by atoms with Gasteiger partial charge in [0.25, 0.3) is 5.91 Å². The molecule has 2 fully saturated rings. The molecule has 1 amide bonds. The highest BCUT2D eigenvalue weighted by Crippen LogP contribution is 2.31. The third-order valence-electron chi connectivity index (χ3n) is 4.74. The summed E-state index contributed by atoms with van der Waals surface area (Å²) in [4.78, 5) is 14.7. The number of piperidine rings is 1. The maximum Gasteiger partial charge on any atom is 0.255 e.